The smallest absolute Gasteiger partial charge is 0.227 e. The van der Waals surface area contributed by atoms with Crippen LogP contribution in [0.15, 0.2) is 30.3 Å². The summed E-state index contributed by atoms with van der Waals surface area (Å²) in [6.45, 7) is 2.82. The van der Waals surface area contributed by atoms with Gasteiger partial charge in [0.2, 0.25) is 5.91 Å². The van der Waals surface area contributed by atoms with E-state index in [1.165, 1.54) is 5.56 Å². The highest BCUT2D eigenvalue weighted by Crippen LogP contribution is 2.44. The highest BCUT2D eigenvalue weighted by molar-refractivity contribution is 5.96. The fourth-order valence-electron chi connectivity index (χ4n) is 4.12. The molecule has 1 aromatic rings. The molecule has 1 saturated carbocycles. The number of benzene rings is 1. The monoisotopic (exact) mass is 320 g/mol. The lowest BCUT2D eigenvalue weighted by atomic mass is 9.82. The third-order valence-corrected chi connectivity index (χ3v) is 5.29. The molecule has 1 aromatic carbocycles. The second-order valence-electron chi connectivity index (χ2n) is 6.57. The predicted molar refractivity (Wildman–Crippen MR) is 85.7 cm³/mol. The summed E-state index contributed by atoms with van der Waals surface area (Å²) in [5, 5.41) is 3.46. The van der Waals surface area contributed by atoms with Gasteiger partial charge in [-0.05, 0) is 11.5 Å². The molecule has 0 aromatic heterocycles. The molecule has 3 atom stereocenters. The van der Waals surface area contributed by atoms with Crippen LogP contribution in [-0.2, 0) is 9.59 Å². The summed E-state index contributed by atoms with van der Waals surface area (Å²) >= 11 is 0. The molecule has 5 heteroatoms. The van der Waals surface area contributed by atoms with E-state index in [-0.39, 0.29) is 36.1 Å². The minimum Gasteiger partial charge on any atom is -0.335 e. The standard InChI is InChI=1S/C17H20N2O2.ClH/c20-14-6-12(7-14)17(21)19-10-13-8-18-9-15(13)16(19)11-4-2-1-3-5-11;/h1-5,12-13,15-16,18H,6-10H2;1H/t13-,15-,16+;/m0./s1. The molecule has 2 saturated heterocycles. The largest absolute Gasteiger partial charge is 0.335 e. The van der Waals surface area contributed by atoms with Crippen LogP contribution in [0.4, 0.5) is 0 Å². The van der Waals surface area contributed by atoms with Crippen LogP contribution in [0.25, 0.3) is 0 Å². The normalized spacial score (nSPS) is 30.6. The number of hydrogen-bond acceptors (Lipinski definition) is 3. The SMILES string of the molecule is Cl.O=C1CC(C(=O)N2C[C@@H]3CNC[C@@H]3[C@H]2c2ccccc2)C1. The van der Waals surface area contributed by atoms with Gasteiger partial charge in [-0.15, -0.1) is 12.4 Å². The van der Waals surface area contributed by atoms with Crippen LogP contribution in [0, 0.1) is 17.8 Å². The van der Waals surface area contributed by atoms with E-state index in [1.807, 2.05) is 18.2 Å². The van der Waals surface area contributed by atoms with Gasteiger partial charge in [-0.2, -0.15) is 0 Å². The van der Waals surface area contributed by atoms with Crippen molar-refractivity contribution in [3.8, 4) is 0 Å². The number of rotatable bonds is 2. The molecule has 0 radical (unpaired) electrons. The molecule has 118 valence electrons. The second-order valence-corrected chi connectivity index (χ2v) is 6.57. The summed E-state index contributed by atoms with van der Waals surface area (Å²) in [4.78, 5) is 26.0. The van der Waals surface area contributed by atoms with Gasteiger partial charge >= 0.3 is 0 Å². The lowest BCUT2D eigenvalue weighted by Gasteiger charge is -2.34. The van der Waals surface area contributed by atoms with Gasteiger partial charge in [0, 0.05) is 38.4 Å². The highest BCUT2D eigenvalue weighted by atomic mass is 35.5. The summed E-state index contributed by atoms with van der Waals surface area (Å²) in [6, 6.07) is 10.5. The molecule has 0 unspecified atom stereocenters. The number of fused-ring (bicyclic) bond motifs is 1. The van der Waals surface area contributed by atoms with E-state index in [0.29, 0.717) is 24.7 Å². The van der Waals surface area contributed by atoms with Crippen LogP contribution >= 0.6 is 12.4 Å². The lowest BCUT2D eigenvalue weighted by Crippen LogP contribution is -2.43. The first-order chi connectivity index (χ1) is 10.2. The molecule has 22 heavy (non-hydrogen) atoms. The van der Waals surface area contributed by atoms with Crippen LogP contribution in [-0.4, -0.2) is 36.2 Å². The third-order valence-electron chi connectivity index (χ3n) is 5.29. The van der Waals surface area contributed by atoms with Crippen molar-refractivity contribution in [3.05, 3.63) is 35.9 Å². The van der Waals surface area contributed by atoms with Gasteiger partial charge in [-0.1, -0.05) is 30.3 Å². The van der Waals surface area contributed by atoms with E-state index in [4.69, 9.17) is 0 Å². The second kappa shape index (κ2) is 6.01. The molecule has 0 bridgehead atoms. The van der Waals surface area contributed by atoms with Gasteiger partial charge < -0.3 is 10.2 Å². The fourth-order valence-corrected chi connectivity index (χ4v) is 4.12. The summed E-state index contributed by atoms with van der Waals surface area (Å²) in [5.74, 6) is 1.42. The predicted octanol–water partition coefficient (Wildman–Crippen LogP) is 1.81. The lowest BCUT2D eigenvalue weighted by molar-refractivity contribution is -0.146. The molecule has 2 heterocycles. The van der Waals surface area contributed by atoms with E-state index in [9.17, 15) is 9.59 Å². The number of nitrogens with one attached hydrogen (secondary N) is 1. The summed E-state index contributed by atoms with van der Waals surface area (Å²) in [5.41, 5.74) is 1.23. The van der Waals surface area contributed by atoms with E-state index in [2.05, 4.69) is 22.3 Å². The Kier molecular flexibility index (Phi) is 4.24. The maximum absolute atomic E-state index is 12.7. The van der Waals surface area contributed by atoms with Crippen molar-refractivity contribution in [2.24, 2.45) is 17.8 Å². The van der Waals surface area contributed by atoms with Crippen molar-refractivity contribution >= 4 is 24.1 Å². The Hall–Kier alpha value is -1.39. The number of carbonyl (C=O) groups is 2. The van der Waals surface area contributed by atoms with Gasteiger partial charge in [0.1, 0.15) is 5.78 Å². The van der Waals surface area contributed by atoms with Crippen molar-refractivity contribution in [2.75, 3.05) is 19.6 Å². The molecule has 4 nitrogen and oxygen atoms in total. The zero-order chi connectivity index (χ0) is 14.4. The van der Waals surface area contributed by atoms with Gasteiger partial charge in [-0.25, -0.2) is 0 Å². The van der Waals surface area contributed by atoms with E-state index < -0.39 is 0 Å². The number of hydrogen-bond donors (Lipinski definition) is 1. The number of amides is 1. The molecule has 1 amide bonds. The summed E-state index contributed by atoms with van der Waals surface area (Å²) in [7, 11) is 0. The maximum atomic E-state index is 12.7. The molecule has 1 aliphatic carbocycles. The fraction of sp³-hybridized carbons (Fsp3) is 0.529. The number of Topliss-reactive ketones (excluding diaryl/α,β-unsaturated/α-hetero) is 1. The van der Waals surface area contributed by atoms with Crippen molar-refractivity contribution in [2.45, 2.75) is 18.9 Å². The number of likely N-dealkylation sites (tertiary alicyclic amines) is 1. The number of halogens is 1. The molecular formula is C17H21ClN2O2. The first-order valence-electron chi connectivity index (χ1n) is 7.82. The molecule has 4 rings (SSSR count). The third kappa shape index (κ3) is 2.44. The molecule has 0 spiro atoms. The van der Waals surface area contributed by atoms with Gasteiger partial charge in [0.05, 0.1) is 12.0 Å². The molecular weight excluding hydrogens is 300 g/mol. The Morgan fingerprint density at radius 2 is 1.86 bits per heavy atom. The Labute approximate surface area is 136 Å². The first kappa shape index (κ1) is 15.5. The van der Waals surface area contributed by atoms with E-state index in [1.54, 1.807) is 0 Å². The number of carbonyl (C=O) groups excluding carboxylic acids is 2. The van der Waals surface area contributed by atoms with Crippen LogP contribution in [0.5, 0.6) is 0 Å². The number of ketones is 1. The average molecular weight is 321 g/mol. The van der Waals surface area contributed by atoms with Crippen molar-refractivity contribution in [1.82, 2.24) is 10.2 Å². The highest BCUT2D eigenvalue weighted by Gasteiger charge is 2.49. The molecule has 2 aliphatic heterocycles. The van der Waals surface area contributed by atoms with E-state index in [0.717, 1.165) is 19.6 Å². The zero-order valence-corrected chi connectivity index (χ0v) is 13.2. The van der Waals surface area contributed by atoms with E-state index >= 15 is 0 Å². The van der Waals surface area contributed by atoms with Crippen LogP contribution in [0.3, 0.4) is 0 Å². The quantitative estimate of drug-likeness (QED) is 0.904. The van der Waals surface area contributed by atoms with Crippen molar-refractivity contribution < 1.29 is 9.59 Å². The van der Waals surface area contributed by atoms with Crippen LogP contribution in [0.1, 0.15) is 24.4 Å². The minimum atomic E-state index is -0.0597. The Morgan fingerprint density at radius 1 is 1.14 bits per heavy atom. The van der Waals surface area contributed by atoms with Gasteiger partial charge in [0.25, 0.3) is 0 Å². The number of nitrogens with zero attached hydrogens (tertiary/aromatic N) is 1. The van der Waals surface area contributed by atoms with Crippen molar-refractivity contribution in [1.29, 1.82) is 0 Å². The first-order valence-corrected chi connectivity index (χ1v) is 7.82. The van der Waals surface area contributed by atoms with Gasteiger partial charge in [-0.3, -0.25) is 9.59 Å². The molecule has 3 aliphatic rings. The Morgan fingerprint density at radius 3 is 2.55 bits per heavy atom. The Balaban J connectivity index is 0.00000144. The maximum Gasteiger partial charge on any atom is 0.227 e. The average Bonchev–Trinajstić information content (AvgIpc) is 3.04. The van der Waals surface area contributed by atoms with Gasteiger partial charge in [0.15, 0.2) is 0 Å². The summed E-state index contributed by atoms with van der Waals surface area (Å²) < 4.78 is 0. The zero-order valence-electron chi connectivity index (χ0n) is 12.4. The Bertz CT molecular complexity index is 569. The van der Waals surface area contributed by atoms with Crippen LogP contribution in [0.2, 0.25) is 0 Å². The van der Waals surface area contributed by atoms with Crippen LogP contribution < -0.4 is 5.32 Å². The molecule has 3 fully saturated rings. The summed E-state index contributed by atoms with van der Waals surface area (Å²) in [6.07, 6.45) is 0.898. The molecule has 1 N–H and O–H groups in total. The van der Waals surface area contributed by atoms with Crippen molar-refractivity contribution in [3.63, 3.8) is 0 Å². The minimum absolute atomic E-state index is 0. The topological polar surface area (TPSA) is 49.4 Å².